The first-order chi connectivity index (χ1) is 14.4. The van der Waals surface area contributed by atoms with Gasteiger partial charge in [-0.05, 0) is 55.3 Å². The summed E-state index contributed by atoms with van der Waals surface area (Å²) < 4.78 is 0. The van der Waals surface area contributed by atoms with E-state index in [4.69, 9.17) is 0 Å². The van der Waals surface area contributed by atoms with E-state index in [0.717, 1.165) is 22.2 Å². The third-order valence-corrected chi connectivity index (χ3v) is 5.10. The first-order valence-electron chi connectivity index (χ1n) is 9.61. The number of para-hydroxylation sites is 1. The second kappa shape index (κ2) is 7.83. The number of anilines is 1. The van der Waals surface area contributed by atoms with Crippen molar-refractivity contribution in [2.45, 2.75) is 19.9 Å². The lowest BCUT2D eigenvalue weighted by molar-refractivity contribution is 0.0698. The van der Waals surface area contributed by atoms with Gasteiger partial charge in [0.05, 0.1) is 17.1 Å². The number of carboxylic acid groups (broad SMARTS) is 1. The number of pyridine rings is 2. The zero-order valence-corrected chi connectivity index (χ0v) is 16.6. The van der Waals surface area contributed by atoms with Gasteiger partial charge < -0.3 is 15.4 Å². The third kappa shape index (κ3) is 3.67. The number of benzene rings is 2. The molecule has 0 aliphatic heterocycles. The van der Waals surface area contributed by atoms with Crippen LogP contribution in [0.5, 0.6) is 0 Å². The van der Waals surface area contributed by atoms with Gasteiger partial charge in [-0.3, -0.25) is 9.78 Å². The molecule has 0 bridgehead atoms. The molecule has 30 heavy (non-hydrogen) atoms. The number of H-pyrrole nitrogens is 1. The van der Waals surface area contributed by atoms with Crippen LogP contribution in [0.2, 0.25) is 0 Å². The number of aromatic carboxylic acids is 1. The minimum absolute atomic E-state index is 0.0707. The monoisotopic (exact) mass is 399 g/mol. The molecule has 0 saturated carbocycles. The van der Waals surface area contributed by atoms with E-state index in [9.17, 15) is 14.7 Å². The summed E-state index contributed by atoms with van der Waals surface area (Å²) in [4.78, 5) is 31.9. The molecular formula is C24H21N3O3. The Labute approximate surface area is 173 Å². The van der Waals surface area contributed by atoms with Gasteiger partial charge in [0, 0.05) is 40.8 Å². The summed E-state index contributed by atoms with van der Waals surface area (Å²) >= 11 is 0. The Morgan fingerprint density at radius 3 is 2.57 bits per heavy atom. The van der Waals surface area contributed by atoms with Crippen LogP contribution in [0.1, 0.15) is 34.5 Å². The van der Waals surface area contributed by atoms with Crippen molar-refractivity contribution in [2.24, 2.45) is 0 Å². The smallest absolute Gasteiger partial charge is 0.337 e. The number of carbonyl (C=O) groups is 1. The maximum Gasteiger partial charge on any atom is 0.337 e. The van der Waals surface area contributed by atoms with E-state index < -0.39 is 5.97 Å². The van der Waals surface area contributed by atoms with Crippen molar-refractivity contribution < 1.29 is 9.90 Å². The van der Waals surface area contributed by atoms with Crippen molar-refractivity contribution in [1.82, 2.24) is 9.97 Å². The Hall–Kier alpha value is -3.93. The summed E-state index contributed by atoms with van der Waals surface area (Å²) in [6, 6.07) is 15.7. The van der Waals surface area contributed by atoms with Gasteiger partial charge in [-0.1, -0.05) is 18.2 Å². The molecule has 0 radical (unpaired) electrons. The van der Waals surface area contributed by atoms with Gasteiger partial charge in [-0.25, -0.2) is 4.79 Å². The molecule has 150 valence electrons. The van der Waals surface area contributed by atoms with E-state index in [-0.39, 0.29) is 17.0 Å². The first kappa shape index (κ1) is 19.4. The van der Waals surface area contributed by atoms with Crippen molar-refractivity contribution in [1.29, 1.82) is 0 Å². The molecule has 0 fully saturated rings. The lowest BCUT2D eigenvalue weighted by Crippen LogP contribution is -2.13. The fourth-order valence-corrected chi connectivity index (χ4v) is 3.66. The molecule has 0 aliphatic carbocycles. The van der Waals surface area contributed by atoms with E-state index in [2.05, 4.69) is 15.3 Å². The molecule has 2 aromatic heterocycles. The van der Waals surface area contributed by atoms with Crippen molar-refractivity contribution in [2.75, 3.05) is 5.32 Å². The molecule has 0 saturated heterocycles. The summed E-state index contributed by atoms with van der Waals surface area (Å²) in [6.45, 7) is 3.89. The van der Waals surface area contributed by atoms with Crippen molar-refractivity contribution in [3.63, 3.8) is 0 Å². The lowest BCUT2D eigenvalue weighted by atomic mass is 9.99. The zero-order valence-electron chi connectivity index (χ0n) is 16.6. The Balaban J connectivity index is 1.85. The minimum atomic E-state index is -0.993. The standard InChI is InChI=1S/C24H21N3O3/c1-14-11-18(15(2)26-20-6-4-3-5-17(20)24(29)30)23-19(12-14)22(28)13-21(27-23)16-7-9-25-10-8-16/h3-13,15,26H,1-2H3,(H,27,28)(H,29,30)/t15-/m1/s1. The van der Waals surface area contributed by atoms with E-state index in [1.54, 1.807) is 42.7 Å². The molecule has 3 N–H and O–H groups in total. The van der Waals surface area contributed by atoms with Gasteiger partial charge in [0.25, 0.3) is 0 Å². The Morgan fingerprint density at radius 1 is 1.10 bits per heavy atom. The van der Waals surface area contributed by atoms with Crippen LogP contribution in [0.3, 0.4) is 0 Å². The Morgan fingerprint density at radius 2 is 1.83 bits per heavy atom. The molecule has 1 atom stereocenters. The molecule has 4 rings (SSSR count). The average Bonchev–Trinajstić information content (AvgIpc) is 2.74. The van der Waals surface area contributed by atoms with Gasteiger partial charge in [-0.15, -0.1) is 0 Å². The largest absolute Gasteiger partial charge is 0.478 e. The van der Waals surface area contributed by atoms with Gasteiger partial charge >= 0.3 is 5.97 Å². The van der Waals surface area contributed by atoms with Gasteiger partial charge in [-0.2, -0.15) is 0 Å². The second-order valence-electron chi connectivity index (χ2n) is 7.28. The number of rotatable bonds is 5. The molecule has 6 heteroatoms. The van der Waals surface area contributed by atoms with Crippen molar-refractivity contribution in [3.05, 3.63) is 93.9 Å². The highest BCUT2D eigenvalue weighted by molar-refractivity contribution is 5.94. The van der Waals surface area contributed by atoms with E-state index >= 15 is 0 Å². The predicted octanol–water partition coefficient (Wildman–Crippen LogP) is 4.77. The van der Waals surface area contributed by atoms with E-state index in [1.807, 2.05) is 38.1 Å². The molecular weight excluding hydrogens is 378 g/mol. The van der Waals surface area contributed by atoms with Crippen LogP contribution in [-0.2, 0) is 0 Å². The highest BCUT2D eigenvalue weighted by Gasteiger charge is 2.17. The van der Waals surface area contributed by atoms with Gasteiger partial charge in [0.1, 0.15) is 0 Å². The molecule has 0 amide bonds. The summed E-state index contributed by atoms with van der Waals surface area (Å²) in [5.41, 5.74) is 4.81. The quantitative estimate of drug-likeness (QED) is 0.449. The van der Waals surface area contributed by atoms with Crippen LogP contribution in [0.15, 0.2) is 71.8 Å². The molecule has 2 aromatic carbocycles. The number of nitrogens with zero attached hydrogens (tertiary/aromatic N) is 1. The number of nitrogens with one attached hydrogen (secondary N) is 2. The van der Waals surface area contributed by atoms with Crippen LogP contribution in [0, 0.1) is 6.92 Å². The topological polar surface area (TPSA) is 95.1 Å². The SMILES string of the molecule is Cc1cc([C@@H](C)Nc2ccccc2C(=O)O)c2[nH]c(-c3ccncc3)cc(=O)c2c1. The van der Waals surface area contributed by atoms with Crippen LogP contribution in [0.25, 0.3) is 22.2 Å². The molecule has 0 unspecified atom stereocenters. The van der Waals surface area contributed by atoms with Crippen LogP contribution in [0.4, 0.5) is 5.69 Å². The summed E-state index contributed by atoms with van der Waals surface area (Å²) in [6.07, 6.45) is 3.36. The Kier molecular flexibility index (Phi) is 5.06. The fraction of sp³-hybridized carbons (Fsp3) is 0.125. The normalized spacial score (nSPS) is 11.9. The lowest BCUT2D eigenvalue weighted by Gasteiger charge is -2.20. The summed E-state index contributed by atoms with van der Waals surface area (Å²) in [7, 11) is 0. The molecule has 0 aliphatic rings. The zero-order chi connectivity index (χ0) is 21.3. The number of fused-ring (bicyclic) bond motifs is 1. The number of carboxylic acids is 1. The highest BCUT2D eigenvalue weighted by atomic mass is 16.4. The van der Waals surface area contributed by atoms with Crippen LogP contribution in [-0.4, -0.2) is 21.0 Å². The number of aromatic nitrogens is 2. The minimum Gasteiger partial charge on any atom is -0.478 e. The predicted molar refractivity (Wildman–Crippen MR) is 118 cm³/mol. The number of aromatic amines is 1. The maximum atomic E-state index is 12.9. The average molecular weight is 399 g/mol. The third-order valence-electron chi connectivity index (χ3n) is 5.10. The van der Waals surface area contributed by atoms with E-state index in [1.165, 1.54) is 0 Å². The maximum absolute atomic E-state index is 12.9. The van der Waals surface area contributed by atoms with Gasteiger partial charge in [0.2, 0.25) is 0 Å². The summed E-state index contributed by atoms with van der Waals surface area (Å²) in [5, 5.41) is 13.4. The van der Waals surface area contributed by atoms with Crippen LogP contribution < -0.4 is 10.7 Å². The molecule has 4 aromatic rings. The first-order valence-corrected chi connectivity index (χ1v) is 9.61. The van der Waals surface area contributed by atoms with Crippen molar-refractivity contribution >= 4 is 22.6 Å². The molecule has 2 heterocycles. The van der Waals surface area contributed by atoms with Gasteiger partial charge in [0.15, 0.2) is 5.43 Å². The highest BCUT2D eigenvalue weighted by Crippen LogP contribution is 2.29. The number of hydrogen-bond donors (Lipinski definition) is 3. The number of aryl methyl sites for hydroxylation is 1. The molecule has 0 spiro atoms. The van der Waals surface area contributed by atoms with E-state index in [0.29, 0.717) is 16.8 Å². The fourth-order valence-electron chi connectivity index (χ4n) is 3.66. The van der Waals surface area contributed by atoms with Crippen LogP contribution >= 0.6 is 0 Å². The summed E-state index contributed by atoms with van der Waals surface area (Å²) in [5.74, 6) is -0.993. The second-order valence-corrected chi connectivity index (χ2v) is 7.28. The number of hydrogen-bond acceptors (Lipinski definition) is 4. The molecule has 6 nitrogen and oxygen atoms in total. The van der Waals surface area contributed by atoms with Crippen molar-refractivity contribution in [3.8, 4) is 11.3 Å². The Bertz CT molecular complexity index is 1300.